The SMILES string of the molecule is Cc1cnn2c(C(C)C)cnc2c1. The van der Waals surface area contributed by atoms with Gasteiger partial charge in [0, 0.05) is 0 Å². The van der Waals surface area contributed by atoms with Crippen molar-refractivity contribution < 1.29 is 0 Å². The average molecular weight is 175 g/mol. The molecule has 2 aromatic heterocycles. The Labute approximate surface area is 77.4 Å². The third-order valence-electron chi connectivity index (χ3n) is 2.12. The van der Waals surface area contributed by atoms with Crippen LogP contribution in [0.25, 0.3) is 5.65 Å². The van der Waals surface area contributed by atoms with Gasteiger partial charge in [-0.1, -0.05) is 13.8 Å². The van der Waals surface area contributed by atoms with E-state index in [2.05, 4.69) is 23.9 Å². The Bertz CT molecular complexity index is 429. The zero-order valence-corrected chi connectivity index (χ0v) is 8.15. The maximum Gasteiger partial charge on any atom is 0.154 e. The zero-order valence-electron chi connectivity index (χ0n) is 8.15. The highest BCUT2D eigenvalue weighted by atomic mass is 15.3. The Hall–Kier alpha value is -1.38. The van der Waals surface area contributed by atoms with Crippen LogP contribution in [0.1, 0.15) is 31.0 Å². The van der Waals surface area contributed by atoms with E-state index in [4.69, 9.17) is 0 Å². The lowest BCUT2D eigenvalue weighted by Crippen LogP contribution is -1.98. The van der Waals surface area contributed by atoms with E-state index in [1.54, 1.807) is 0 Å². The van der Waals surface area contributed by atoms with E-state index >= 15 is 0 Å². The molecular weight excluding hydrogens is 162 g/mol. The predicted molar refractivity (Wildman–Crippen MR) is 51.8 cm³/mol. The van der Waals surface area contributed by atoms with Gasteiger partial charge in [-0.15, -0.1) is 0 Å². The Morgan fingerprint density at radius 1 is 1.31 bits per heavy atom. The molecule has 0 radical (unpaired) electrons. The van der Waals surface area contributed by atoms with Gasteiger partial charge in [0.15, 0.2) is 5.65 Å². The molecule has 0 fully saturated rings. The standard InChI is InChI=1S/C10H13N3/c1-7(2)9-6-11-10-4-8(3)5-12-13(9)10/h4-7H,1-3H3. The first-order valence-corrected chi connectivity index (χ1v) is 4.49. The predicted octanol–water partition coefficient (Wildman–Crippen LogP) is 2.16. The quantitative estimate of drug-likeness (QED) is 0.664. The van der Waals surface area contributed by atoms with E-state index < -0.39 is 0 Å². The fourth-order valence-corrected chi connectivity index (χ4v) is 1.38. The number of rotatable bonds is 1. The molecule has 2 rings (SSSR count). The fourth-order valence-electron chi connectivity index (χ4n) is 1.38. The molecule has 3 nitrogen and oxygen atoms in total. The van der Waals surface area contributed by atoms with Gasteiger partial charge in [-0.05, 0) is 24.5 Å². The lowest BCUT2D eigenvalue weighted by Gasteiger charge is -2.02. The first-order valence-electron chi connectivity index (χ1n) is 4.49. The van der Waals surface area contributed by atoms with Gasteiger partial charge in [0.2, 0.25) is 0 Å². The molecule has 0 aliphatic carbocycles. The van der Waals surface area contributed by atoms with Crippen molar-refractivity contribution in [3.63, 3.8) is 0 Å². The van der Waals surface area contributed by atoms with Crippen LogP contribution in [0, 0.1) is 6.92 Å². The zero-order chi connectivity index (χ0) is 9.42. The second-order valence-electron chi connectivity index (χ2n) is 3.64. The minimum absolute atomic E-state index is 0.463. The van der Waals surface area contributed by atoms with Gasteiger partial charge in [0.1, 0.15) is 0 Å². The van der Waals surface area contributed by atoms with Crippen molar-refractivity contribution in [3.05, 3.63) is 29.7 Å². The summed E-state index contributed by atoms with van der Waals surface area (Å²) in [6.07, 6.45) is 3.76. The number of hydrogen-bond acceptors (Lipinski definition) is 2. The number of nitrogens with zero attached hydrogens (tertiary/aromatic N) is 3. The largest absolute Gasteiger partial charge is 0.235 e. The van der Waals surface area contributed by atoms with E-state index in [0.717, 1.165) is 16.9 Å². The van der Waals surface area contributed by atoms with Gasteiger partial charge in [-0.2, -0.15) is 5.10 Å². The number of imidazole rings is 1. The highest BCUT2D eigenvalue weighted by molar-refractivity contribution is 5.41. The molecule has 0 spiro atoms. The summed E-state index contributed by atoms with van der Waals surface area (Å²) in [5.74, 6) is 0.463. The Balaban J connectivity index is 2.69. The van der Waals surface area contributed by atoms with Crippen LogP contribution in [0.3, 0.4) is 0 Å². The molecule has 0 bridgehead atoms. The van der Waals surface area contributed by atoms with Crippen molar-refractivity contribution in [1.29, 1.82) is 0 Å². The first-order chi connectivity index (χ1) is 6.18. The van der Waals surface area contributed by atoms with Crippen LogP contribution in [0.4, 0.5) is 0 Å². The van der Waals surface area contributed by atoms with Gasteiger partial charge in [0.25, 0.3) is 0 Å². The summed E-state index contributed by atoms with van der Waals surface area (Å²) in [5, 5.41) is 4.32. The van der Waals surface area contributed by atoms with E-state index in [-0.39, 0.29) is 0 Å². The monoisotopic (exact) mass is 175 g/mol. The van der Waals surface area contributed by atoms with Gasteiger partial charge in [0.05, 0.1) is 18.1 Å². The summed E-state index contributed by atoms with van der Waals surface area (Å²) in [5.41, 5.74) is 3.24. The van der Waals surface area contributed by atoms with Crippen LogP contribution in [0.2, 0.25) is 0 Å². The molecule has 68 valence electrons. The van der Waals surface area contributed by atoms with Gasteiger partial charge in [-0.25, -0.2) is 9.50 Å². The van der Waals surface area contributed by atoms with Crippen molar-refractivity contribution in [3.8, 4) is 0 Å². The minimum Gasteiger partial charge on any atom is -0.235 e. The molecule has 0 N–H and O–H groups in total. The topological polar surface area (TPSA) is 30.2 Å². The molecule has 0 amide bonds. The molecule has 2 aromatic rings. The van der Waals surface area contributed by atoms with Crippen molar-refractivity contribution in [1.82, 2.24) is 14.6 Å². The molecule has 3 heteroatoms. The highest BCUT2D eigenvalue weighted by Gasteiger charge is 2.07. The molecular formula is C10H13N3. The number of hydrogen-bond donors (Lipinski definition) is 0. The Kier molecular flexibility index (Phi) is 1.79. The summed E-state index contributed by atoms with van der Waals surface area (Å²) in [4.78, 5) is 4.30. The molecule has 2 heterocycles. The van der Waals surface area contributed by atoms with Crippen molar-refractivity contribution >= 4 is 5.65 Å². The highest BCUT2D eigenvalue weighted by Crippen LogP contribution is 2.15. The molecule has 0 saturated heterocycles. The van der Waals surface area contributed by atoms with Crippen LogP contribution < -0.4 is 0 Å². The van der Waals surface area contributed by atoms with Crippen molar-refractivity contribution in [2.45, 2.75) is 26.7 Å². The lowest BCUT2D eigenvalue weighted by molar-refractivity contribution is 0.757. The number of aryl methyl sites for hydroxylation is 1. The van der Waals surface area contributed by atoms with Crippen LogP contribution >= 0.6 is 0 Å². The third-order valence-corrected chi connectivity index (χ3v) is 2.12. The van der Waals surface area contributed by atoms with Gasteiger partial charge >= 0.3 is 0 Å². The Morgan fingerprint density at radius 2 is 2.08 bits per heavy atom. The molecule has 0 unspecified atom stereocenters. The molecule has 0 aliphatic rings. The van der Waals surface area contributed by atoms with Crippen LogP contribution in [-0.4, -0.2) is 14.6 Å². The molecule has 0 atom stereocenters. The molecule has 0 aliphatic heterocycles. The normalized spacial score (nSPS) is 11.4. The number of aromatic nitrogens is 3. The third kappa shape index (κ3) is 1.30. The lowest BCUT2D eigenvalue weighted by atomic mass is 10.2. The van der Waals surface area contributed by atoms with E-state index in [0.29, 0.717) is 5.92 Å². The summed E-state index contributed by atoms with van der Waals surface area (Å²) < 4.78 is 1.90. The van der Waals surface area contributed by atoms with Crippen LogP contribution in [-0.2, 0) is 0 Å². The smallest absolute Gasteiger partial charge is 0.154 e. The summed E-state index contributed by atoms with van der Waals surface area (Å²) in [6, 6.07) is 2.04. The van der Waals surface area contributed by atoms with E-state index in [1.165, 1.54) is 0 Å². The van der Waals surface area contributed by atoms with Crippen LogP contribution in [0.15, 0.2) is 18.5 Å². The Morgan fingerprint density at radius 3 is 2.77 bits per heavy atom. The maximum absolute atomic E-state index is 4.32. The molecule has 13 heavy (non-hydrogen) atoms. The maximum atomic E-state index is 4.32. The minimum atomic E-state index is 0.463. The first kappa shape index (κ1) is 8.23. The van der Waals surface area contributed by atoms with Crippen molar-refractivity contribution in [2.24, 2.45) is 0 Å². The second kappa shape index (κ2) is 2.83. The summed E-state index contributed by atoms with van der Waals surface area (Å²) in [6.45, 7) is 6.31. The molecule has 0 aromatic carbocycles. The van der Waals surface area contributed by atoms with E-state index in [1.807, 2.05) is 29.9 Å². The van der Waals surface area contributed by atoms with E-state index in [9.17, 15) is 0 Å². The van der Waals surface area contributed by atoms with Gasteiger partial charge in [-0.3, -0.25) is 0 Å². The van der Waals surface area contributed by atoms with Gasteiger partial charge < -0.3 is 0 Å². The fraction of sp³-hybridized carbons (Fsp3) is 0.400. The summed E-state index contributed by atoms with van der Waals surface area (Å²) >= 11 is 0. The number of fused-ring (bicyclic) bond motifs is 1. The van der Waals surface area contributed by atoms with Crippen molar-refractivity contribution in [2.75, 3.05) is 0 Å². The summed E-state index contributed by atoms with van der Waals surface area (Å²) in [7, 11) is 0. The van der Waals surface area contributed by atoms with Crippen LogP contribution in [0.5, 0.6) is 0 Å². The average Bonchev–Trinajstić information content (AvgIpc) is 2.46. The molecule has 0 saturated carbocycles. The second-order valence-corrected chi connectivity index (χ2v) is 3.64.